The Labute approximate surface area is 611 Å². The normalized spacial score (nSPS) is 12.2. The Balaban J connectivity index is 0.000000236. The molecule has 11 rings (SSSR count). The van der Waals surface area contributed by atoms with E-state index in [-0.39, 0.29) is 79.8 Å². The number of nitro benzene ring substituents is 1. The highest BCUT2D eigenvalue weighted by Crippen LogP contribution is 2.32. The van der Waals surface area contributed by atoms with Crippen LogP contribution < -0.4 is 37.2 Å². The fraction of sp³-hybridized carbons (Fsp3) is 0.246. The zero-order valence-electron chi connectivity index (χ0n) is 53.6. The van der Waals surface area contributed by atoms with Gasteiger partial charge in [0.25, 0.3) is 5.69 Å². The highest BCUT2D eigenvalue weighted by Gasteiger charge is 2.21. The van der Waals surface area contributed by atoms with Gasteiger partial charge in [-0.2, -0.15) is 26.0 Å². The van der Waals surface area contributed by atoms with Crippen molar-refractivity contribution in [2.75, 3.05) is 116 Å². The standard InChI is InChI=1S/C24H25ClFN7O.C12H8ClFN4.C12H18ClN3O.C8H5FN2O2.C8H7FN2.C4H2Cl2N2.CH4/c25-20-16-19(2-4-22(20)33-11-9-32(10-12-33)13-14-34)29-24-28-8-6-23(31-24)30-21-3-1-18(26)15-17(21)5-7-27;13-12-16-6-4-11(18-12)17-10-2-1-9(14)7-8(10)3-5-15;13-11-9-10(14)1-2-12(11)16-5-3-15(4-6-16)7-8-17;9-7-1-2-8(11(12)13)6(5-7)3-4-10;9-7-1-2-8(11)6(5-7)3-4-10;5-3-1-2-7-4(6)8-3;/h1-4,6,8,15-16,34H,5,9-14H2,(H2,28,29,30,31);1-2,4,6-7H,3H2,(H,16,17,18);1-2,9,17H,3-8,14H2;1-2,5H,3H2;1-2,5H,3,11H2;1-2H;1H4. The van der Waals surface area contributed by atoms with Crippen LogP contribution in [0.3, 0.4) is 0 Å². The van der Waals surface area contributed by atoms with Gasteiger partial charge >= 0.3 is 0 Å². The second-order valence-electron chi connectivity index (χ2n) is 21.3. The highest BCUT2D eigenvalue weighted by molar-refractivity contribution is 6.34. The van der Waals surface area contributed by atoms with Crippen LogP contribution in [-0.4, -0.2) is 134 Å². The molecule has 0 spiro atoms. The number of aromatic nitrogens is 6. The van der Waals surface area contributed by atoms with Crippen LogP contribution in [0.5, 0.6) is 0 Å². The minimum absolute atomic E-state index is 0. The Bertz CT molecular complexity index is 4370. The third-order valence-corrected chi connectivity index (χ3v) is 15.6. The summed E-state index contributed by atoms with van der Waals surface area (Å²) >= 11 is 29.2. The smallest absolute Gasteiger partial charge is 0.273 e. The molecule has 0 bridgehead atoms. The summed E-state index contributed by atoms with van der Waals surface area (Å²) in [5, 5.41) is 74.0. The topological polar surface area (TPSA) is 357 Å². The van der Waals surface area contributed by atoms with E-state index in [0.717, 1.165) is 94.2 Å². The van der Waals surface area contributed by atoms with E-state index in [1.807, 2.05) is 48.5 Å². The number of nitrogen functional groups attached to an aromatic ring is 2. The number of hydrogen-bond donors (Lipinski definition) is 7. The number of β-amino-alcohol motifs (C(OH)–C–C–N with tert-alkyl or cyclic N) is 2. The molecule has 0 saturated carbocycles. The van der Waals surface area contributed by atoms with E-state index in [1.54, 1.807) is 48.7 Å². The molecule has 6 aromatic carbocycles. The Kier molecular flexibility index (Phi) is 34.9. The van der Waals surface area contributed by atoms with E-state index in [2.05, 4.69) is 65.5 Å². The molecule has 9 N–H and O–H groups in total. The maximum absolute atomic E-state index is 13.5. The van der Waals surface area contributed by atoms with Crippen LogP contribution in [0.2, 0.25) is 25.8 Å². The molecule has 0 aliphatic carbocycles. The maximum atomic E-state index is 13.5. The molecule has 0 atom stereocenters. The summed E-state index contributed by atoms with van der Waals surface area (Å²) in [6.45, 7) is 9.09. The predicted octanol–water partition coefficient (Wildman–Crippen LogP) is 13.7. The molecular weight excluding hydrogens is 1430 g/mol. The molecule has 9 aromatic rings. The van der Waals surface area contributed by atoms with E-state index in [0.29, 0.717) is 78.8 Å². The van der Waals surface area contributed by atoms with Crippen molar-refractivity contribution >= 4 is 121 Å². The number of nitrogens with zero attached hydrogens (tertiary/aromatic N) is 15. The lowest BCUT2D eigenvalue weighted by atomic mass is 10.1. The van der Waals surface area contributed by atoms with Gasteiger partial charge < -0.3 is 47.4 Å². The molecule has 2 fully saturated rings. The SMILES string of the molecule is C.Clc1ccnc(Cl)n1.N#CCc1cc(F)ccc1N.N#CCc1cc(F)ccc1Nc1ccnc(Cl)n1.N#CCc1cc(F)ccc1Nc1ccnc(Nc2ccc(N3CCN(CCO)CC3)c(Cl)c2)n1.N#CCc1cc(F)ccc1[N+](=O)[O-].Nc1ccc(N2CCN(CCO)CC2)c(Cl)c1. The first-order valence-corrected chi connectivity index (χ1v) is 32.3. The zero-order chi connectivity index (χ0) is 73.2. The minimum Gasteiger partial charge on any atom is -0.399 e. The molecule has 0 amide bonds. The van der Waals surface area contributed by atoms with Gasteiger partial charge in [0, 0.05) is 124 Å². The molecule has 33 heteroatoms. The monoisotopic (exact) mass is 1490 g/mol. The summed E-state index contributed by atoms with van der Waals surface area (Å²) in [4.78, 5) is 42.4. The predicted molar refractivity (Wildman–Crippen MR) is 390 cm³/mol. The van der Waals surface area contributed by atoms with Crippen LogP contribution in [0.15, 0.2) is 146 Å². The van der Waals surface area contributed by atoms with Crippen molar-refractivity contribution in [3.8, 4) is 24.3 Å². The molecule has 3 aromatic heterocycles. The van der Waals surface area contributed by atoms with Crippen LogP contribution in [0, 0.1) is 78.7 Å². The van der Waals surface area contributed by atoms with E-state index in [9.17, 15) is 27.7 Å². The zero-order valence-corrected chi connectivity index (χ0v) is 57.4. The minimum atomic E-state index is -0.633. The van der Waals surface area contributed by atoms with Gasteiger partial charge in [0.05, 0.1) is 89.5 Å². The quantitative estimate of drug-likeness (QED) is 0.0111. The molecule has 5 heterocycles. The van der Waals surface area contributed by atoms with Gasteiger partial charge in [-0.15, -0.1) is 0 Å². The number of halogens is 9. The second-order valence-corrected chi connectivity index (χ2v) is 23.2. The lowest BCUT2D eigenvalue weighted by Crippen LogP contribution is -2.47. The van der Waals surface area contributed by atoms with Gasteiger partial charge in [-0.25, -0.2) is 42.5 Å². The van der Waals surface area contributed by atoms with E-state index in [4.69, 9.17) is 101 Å². The number of nitrogens with two attached hydrogens (primary N) is 2. The number of nitrogens with one attached hydrogen (secondary N) is 3. The Morgan fingerprint density at radius 2 is 0.931 bits per heavy atom. The highest BCUT2D eigenvalue weighted by atomic mass is 35.5. The van der Waals surface area contributed by atoms with Crippen molar-refractivity contribution in [2.24, 2.45) is 0 Å². The summed E-state index contributed by atoms with van der Waals surface area (Å²) in [5.74, 6) is -0.344. The third kappa shape index (κ3) is 27.6. The maximum Gasteiger partial charge on any atom is 0.273 e. The first-order chi connectivity index (χ1) is 48.6. The number of aliphatic hydroxyl groups excluding tert-OH is 2. The Morgan fingerprint density at radius 1 is 0.500 bits per heavy atom. The van der Waals surface area contributed by atoms with Crippen LogP contribution >= 0.6 is 58.0 Å². The molecular formula is C69H69Cl5F4N20O4. The number of piperazine rings is 2. The van der Waals surface area contributed by atoms with E-state index in [1.165, 1.54) is 54.9 Å². The van der Waals surface area contributed by atoms with Crippen LogP contribution in [-0.2, 0) is 25.7 Å². The molecule has 0 radical (unpaired) electrons. The van der Waals surface area contributed by atoms with E-state index >= 15 is 0 Å². The van der Waals surface area contributed by atoms with Gasteiger partial charge in [0.15, 0.2) is 0 Å². The number of rotatable bonds is 17. The third-order valence-electron chi connectivity index (χ3n) is 14.4. The van der Waals surface area contributed by atoms with Gasteiger partial charge in [0.2, 0.25) is 16.5 Å². The van der Waals surface area contributed by atoms with Crippen LogP contribution in [0.1, 0.15) is 29.7 Å². The van der Waals surface area contributed by atoms with Gasteiger partial charge in [-0.05, 0) is 161 Å². The molecule has 532 valence electrons. The fourth-order valence-electron chi connectivity index (χ4n) is 9.54. The van der Waals surface area contributed by atoms with Crippen molar-refractivity contribution in [3.63, 3.8) is 0 Å². The van der Waals surface area contributed by atoms with Crippen molar-refractivity contribution in [3.05, 3.63) is 227 Å². The molecule has 24 nitrogen and oxygen atoms in total. The van der Waals surface area contributed by atoms with Crippen LogP contribution in [0.4, 0.5) is 80.6 Å². The van der Waals surface area contributed by atoms with Gasteiger partial charge in [-0.1, -0.05) is 42.2 Å². The largest absolute Gasteiger partial charge is 0.399 e. The number of anilines is 10. The first kappa shape index (κ1) is 82.2. The summed E-state index contributed by atoms with van der Waals surface area (Å²) in [7, 11) is 0. The fourth-order valence-corrected chi connectivity index (χ4v) is 10.6. The molecule has 102 heavy (non-hydrogen) atoms. The molecule has 0 unspecified atom stereocenters. The number of benzene rings is 6. The van der Waals surface area contributed by atoms with Crippen LogP contribution in [0.25, 0.3) is 0 Å². The van der Waals surface area contributed by atoms with Gasteiger partial charge in [-0.3, -0.25) is 19.9 Å². The summed E-state index contributed by atoms with van der Waals surface area (Å²) in [5.41, 5.74) is 17.8. The lowest BCUT2D eigenvalue weighted by molar-refractivity contribution is -0.385. The van der Waals surface area contributed by atoms with Crippen molar-refractivity contribution in [2.45, 2.75) is 33.1 Å². The molecule has 2 aliphatic rings. The first-order valence-electron chi connectivity index (χ1n) is 30.4. The number of nitro groups is 1. The van der Waals surface area contributed by atoms with E-state index < -0.39 is 16.6 Å². The lowest BCUT2D eigenvalue weighted by Gasteiger charge is -2.36. The summed E-state index contributed by atoms with van der Waals surface area (Å²) in [6, 6.07) is 39.4. The average Bonchev–Trinajstić information content (AvgIpc) is 0.846. The van der Waals surface area contributed by atoms with Crippen molar-refractivity contribution in [1.82, 2.24) is 39.7 Å². The number of hydrogen-bond acceptors (Lipinski definition) is 23. The summed E-state index contributed by atoms with van der Waals surface area (Å²) < 4.78 is 51.7. The van der Waals surface area contributed by atoms with Crippen molar-refractivity contribution < 1.29 is 32.7 Å². The number of nitriles is 4. The van der Waals surface area contributed by atoms with Gasteiger partial charge in [0.1, 0.15) is 40.1 Å². The Hall–Kier alpha value is -10.5. The molecule has 2 saturated heterocycles. The average molecular weight is 1500 g/mol. The second kappa shape index (κ2) is 43.3. The number of aliphatic hydroxyl groups is 2. The van der Waals surface area contributed by atoms with Crippen molar-refractivity contribution in [1.29, 1.82) is 21.0 Å². The Morgan fingerprint density at radius 3 is 1.39 bits per heavy atom. The molecule has 2 aliphatic heterocycles. The summed E-state index contributed by atoms with van der Waals surface area (Å²) in [6.07, 6.45) is 4.80.